The smallest absolute Gasteiger partial charge is 0.221 e. The molecule has 1 atom stereocenters. The predicted octanol–water partition coefficient (Wildman–Crippen LogP) is 0.486. The third-order valence-electron chi connectivity index (χ3n) is 2.65. The van der Waals surface area contributed by atoms with E-state index in [1.54, 1.807) is 0 Å². The third-order valence-corrected chi connectivity index (χ3v) is 2.65. The van der Waals surface area contributed by atoms with Gasteiger partial charge in [0.15, 0.2) is 0 Å². The summed E-state index contributed by atoms with van der Waals surface area (Å²) in [5, 5.41) is 0. The van der Waals surface area contributed by atoms with E-state index < -0.39 is 0 Å². The number of hydrazine groups is 1. The Morgan fingerprint density at radius 1 is 1.62 bits per heavy atom. The quantitative estimate of drug-likeness (QED) is 0.572. The lowest BCUT2D eigenvalue weighted by Gasteiger charge is -2.12. The second kappa shape index (κ2) is 5.09. The van der Waals surface area contributed by atoms with E-state index in [4.69, 9.17) is 15.3 Å². The standard InChI is InChI=1S/C10H16N4O2/c1-7-9(14-11)12-6-13-10(7)16-5-8-2-3-15-4-8/h6,8H,2-5,11H2,1H3,(H,12,13,14). The summed E-state index contributed by atoms with van der Waals surface area (Å²) in [5.41, 5.74) is 3.33. The maximum Gasteiger partial charge on any atom is 0.221 e. The van der Waals surface area contributed by atoms with Crippen LogP contribution in [-0.4, -0.2) is 29.8 Å². The second-order valence-electron chi connectivity index (χ2n) is 3.84. The molecule has 1 aliphatic rings. The van der Waals surface area contributed by atoms with Crippen LogP contribution in [0.15, 0.2) is 6.33 Å². The highest BCUT2D eigenvalue weighted by Gasteiger charge is 2.17. The number of nitrogens with zero attached hydrogens (tertiary/aromatic N) is 2. The van der Waals surface area contributed by atoms with Crippen LogP contribution in [0.25, 0.3) is 0 Å². The van der Waals surface area contributed by atoms with Gasteiger partial charge in [-0.05, 0) is 13.3 Å². The lowest BCUT2D eigenvalue weighted by Crippen LogP contribution is -2.15. The lowest BCUT2D eigenvalue weighted by atomic mass is 10.1. The summed E-state index contributed by atoms with van der Waals surface area (Å²) in [5.74, 6) is 6.95. The molecular formula is C10H16N4O2. The number of hydrogen-bond donors (Lipinski definition) is 2. The Morgan fingerprint density at radius 3 is 3.19 bits per heavy atom. The number of aromatic nitrogens is 2. The van der Waals surface area contributed by atoms with Gasteiger partial charge in [-0.25, -0.2) is 15.8 Å². The van der Waals surface area contributed by atoms with E-state index in [9.17, 15) is 0 Å². The molecule has 0 aliphatic carbocycles. The van der Waals surface area contributed by atoms with E-state index in [0.29, 0.717) is 24.2 Å². The van der Waals surface area contributed by atoms with Gasteiger partial charge >= 0.3 is 0 Å². The van der Waals surface area contributed by atoms with Crippen molar-refractivity contribution in [3.63, 3.8) is 0 Å². The van der Waals surface area contributed by atoms with Gasteiger partial charge in [-0.15, -0.1) is 0 Å². The summed E-state index contributed by atoms with van der Waals surface area (Å²) in [6, 6.07) is 0. The number of anilines is 1. The van der Waals surface area contributed by atoms with Gasteiger partial charge in [0, 0.05) is 12.5 Å². The zero-order valence-corrected chi connectivity index (χ0v) is 9.27. The zero-order chi connectivity index (χ0) is 11.4. The maximum atomic E-state index is 5.64. The Balaban J connectivity index is 1.97. The summed E-state index contributed by atoms with van der Waals surface area (Å²) in [4.78, 5) is 8.06. The molecule has 2 rings (SSSR count). The average molecular weight is 224 g/mol. The fraction of sp³-hybridized carbons (Fsp3) is 0.600. The van der Waals surface area contributed by atoms with Crippen molar-refractivity contribution in [2.24, 2.45) is 11.8 Å². The SMILES string of the molecule is Cc1c(NN)ncnc1OCC1CCOC1. The van der Waals surface area contributed by atoms with Crippen molar-refractivity contribution >= 4 is 5.82 Å². The normalized spacial score (nSPS) is 19.8. The molecular weight excluding hydrogens is 208 g/mol. The zero-order valence-electron chi connectivity index (χ0n) is 9.27. The summed E-state index contributed by atoms with van der Waals surface area (Å²) in [6.07, 6.45) is 2.48. The average Bonchev–Trinajstić information content (AvgIpc) is 2.81. The Kier molecular flexibility index (Phi) is 3.53. The van der Waals surface area contributed by atoms with Crippen molar-refractivity contribution in [1.82, 2.24) is 9.97 Å². The van der Waals surface area contributed by atoms with Crippen LogP contribution in [0.2, 0.25) is 0 Å². The Labute approximate surface area is 94.1 Å². The summed E-state index contributed by atoms with van der Waals surface area (Å²) in [7, 11) is 0. The van der Waals surface area contributed by atoms with E-state index in [1.165, 1.54) is 6.33 Å². The Bertz CT molecular complexity index is 353. The van der Waals surface area contributed by atoms with E-state index in [-0.39, 0.29) is 0 Å². The van der Waals surface area contributed by atoms with E-state index in [2.05, 4.69) is 15.4 Å². The van der Waals surface area contributed by atoms with Crippen molar-refractivity contribution in [2.45, 2.75) is 13.3 Å². The van der Waals surface area contributed by atoms with Crippen molar-refractivity contribution in [3.05, 3.63) is 11.9 Å². The number of hydrogen-bond acceptors (Lipinski definition) is 6. The fourth-order valence-electron chi connectivity index (χ4n) is 1.64. The first-order valence-corrected chi connectivity index (χ1v) is 5.30. The van der Waals surface area contributed by atoms with Crippen LogP contribution in [0, 0.1) is 12.8 Å². The highest BCUT2D eigenvalue weighted by atomic mass is 16.5. The topological polar surface area (TPSA) is 82.3 Å². The largest absolute Gasteiger partial charge is 0.477 e. The second-order valence-corrected chi connectivity index (χ2v) is 3.84. The summed E-state index contributed by atoms with van der Waals surface area (Å²) >= 11 is 0. The molecule has 1 aliphatic heterocycles. The number of nitrogens with two attached hydrogens (primary N) is 1. The Morgan fingerprint density at radius 2 is 2.50 bits per heavy atom. The minimum Gasteiger partial charge on any atom is -0.477 e. The number of nitrogens with one attached hydrogen (secondary N) is 1. The first kappa shape index (κ1) is 11.1. The molecule has 1 saturated heterocycles. The molecule has 3 N–H and O–H groups in total. The van der Waals surface area contributed by atoms with E-state index >= 15 is 0 Å². The third kappa shape index (κ3) is 2.40. The Hall–Kier alpha value is -1.40. The molecule has 1 fully saturated rings. The van der Waals surface area contributed by atoms with Crippen LogP contribution in [0.4, 0.5) is 5.82 Å². The molecule has 1 aromatic rings. The number of ether oxygens (including phenoxy) is 2. The van der Waals surface area contributed by atoms with Crippen molar-refractivity contribution < 1.29 is 9.47 Å². The van der Waals surface area contributed by atoms with Crippen molar-refractivity contribution in [2.75, 3.05) is 25.2 Å². The van der Waals surface area contributed by atoms with Crippen LogP contribution in [-0.2, 0) is 4.74 Å². The van der Waals surface area contributed by atoms with Crippen LogP contribution in [0.1, 0.15) is 12.0 Å². The molecule has 0 radical (unpaired) electrons. The first-order valence-electron chi connectivity index (χ1n) is 5.30. The van der Waals surface area contributed by atoms with Gasteiger partial charge in [0.05, 0.1) is 18.8 Å². The van der Waals surface area contributed by atoms with Gasteiger partial charge in [-0.2, -0.15) is 0 Å². The van der Waals surface area contributed by atoms with Crippen LogP contribution >= 0.6 is 0 Å². The molecule has 6 nitrogen and oxygen atoms in total. The molecule has 1 unspecified atom stereocenters. The molecule has 0 aromatic carbocycles. The summed E-state index contributed by atoms with van der Waals surface area (Å²) < 4.78 is 10.9. The minimum atomic E-state index is 0.462. The van der Waals surface area contributed by atoms with Gasteiger partial charge in [-0.3, -0.25) is 0 Å². The van der Waals surface area contributed by atoms with Gasteiger partial charge < -0.3 is 14.9 Å². The van der Waals surface area contributed by atoms with Gasteiger partial charge in [-0.1, -0.05) is 0 Å². The van der Waals surface area contributed by atoms with Crippen LogP contribution in [0.3, 0.4) is 0 Å². The lowest BCUT2D eigenvalue weighted by molar-refractivity contribution is 0.165. The fourth-order valence-corrected chi connectivity index (χ4v) is 1.64. The molecule has 1 aromatic heterocycles. The molecule has 2 heterocycles. The monoisotopic (exact) mass is 224 g/mol. The number of nitrogen functional groups attached to an aromatic ring is 1. The van der Waals surface area contributed by atoms with E-state index in [0.717, 1.165) is 25.2 Å². The van der Waals surface area contributed by atoms with Crippen LogP contribution < -0.4 is 16.0 Å². The van der Waals surface area contributed by atoms with Gasteiger partial charge in [0.2, 0.25) is 5.88 Å². The van der Waals surface area contributed by atoms with E-state index in [1.807, 2.05) is 6.92 Å². The molecule has 6 heteroatoms. The maximum absolute atomic E-state index is 5.64. The van der Waals surface area contributed by atoms with Gasteiger partial charge in [0.25, 0.3) is 0 Å². The highest BCUT2D eigenvalue weighted by Crippen LogP contribution is 2.21. The molecule has 0 bridgehead atoms. The molecule has 0 saturated carbocycles. The molecule has 0 amide bonds. The molecule has 88 valence electrons. The van der Waals surface area contributed by atoms with Crippen molar-refractivity contribution in [1.29, 1.82) is 0 Å². The van der Waals surface area contributed by atoms with Crippen LogP contribution in [0.5, 0.6) is 5.88 Å². The van der Waals surface area contributed by atoms with Gasteiger partial charge in [0.1, 0.15) is 12.1 Å². The predicted molar refractivity (Wildman–Crippen MR) is 59.0 cm³/mol. The molecule has 16 heavy (non-hydrogen) atoms. The molecule has 0 spiro atoms. The highest BCUT2D eigenvalue weighted by molar-refractivity contribution is 5.46. The van der Waals surface area contributed by atoms with Crippen molar-refractivity contribution in [3.8, 4) is 5.88 Å². The minimum absolute atomic E-state index is 0.462. The number of rotatable bonds is 4. The first-order chi connectivity index (χ1) is 7.81. The summed E-state index contributed by atoms with van der Waals surface area (Å²) in [6.45, 7) is 4.09.